The maximum Gasteiger partial charge on any atom is 0.490 e. The molecule has 0 bridgehead atoms. The molecule has 10 nitrogen and oxygen atoms in total. The van der Waals surface area contributed by atoms with Gasteiger partial charge in [-0.05, 0) is 50.6 Å². The number of amides is 1. The Balaban J connectivity index is 0.000000364. The van der Waals surface area contributed by atoms with Gasteiger partial charge in [0.05, 0.1) is 12.2 Å². The topological polar surface area (TPSA) is 110 Å². The fourth-order valence-electron chi connectivity index (χ4n) is 4.23. The van der Waals surface area contributed by atoms with E-state index in [9.17, 15) is 18.0 Å². The number of aryl methyl sites for hydroxylation is 1. The molecule has 35 heavy (non-hydrogen) atoms. The molecule has 0 spiro atoms. The number of benzene rings is 1. The molecule has 1 aromatic carbocycles. The molecule has 0 saturated carbocycles. The summed E-state index contributed by atoms with van der Waals surface area (Å²) in [5.41, 5.74) is 2.70. The van der Waals surface area contributed by atoms with Crippen LogP contribution in [0, 0.1) is 0 Å². The molecule has 1 fully saturated rings. The van der Waals surface area contributed by atoms with Crippen LogP contribution in [0.25, 0.3) is 0 Å². The van der Waals surface area contributed by atoms with Crippen LogP contribution in [-0.4, -0.2) is 74.4 Å². The van der Waals surface area contributed by atoms with Gasteiger partial charge >= 0.3 is 12.1 Å². The Morgan fingerprint density at radius 3 is 2.43 bits per heavy atom. The van der Waals surface area contributed by atoms with Crippen LogP contribution in [-0.2, 0) is 24.4 Å². The van der Waals surface area contributed by atoms with Gasteiger partial charge in [-0.3, -0.25) is 9.69 Å². The second-order valence-corrected chi connectivity index (χ2v) is 8.49. The Morgan fingerprint density at radius 1 is 1.00 bits per heavy atom. The number of halogens is 3. The zero-order valence-electron chi connectivity index (χ0n) is 19.0. The van der Waals surface area contributed by atoms with Crippen molar-refractivity contribution in [3.63, 3.8) is 0 Å². The monoisotopic (exact) mass is 497 g/mol. The molecule has 3 aliphatic rings. The van der Waals surface area contributed by atoms with Gasteiger partial charge in [0, 0.05) is 25.2 Å². The number of hydrogen-bond donors (Lipinski definition) is 1. The summed E-state index contributed by atoms with van der Waals surface area (Å²) in [5, 5.41) is 15.9. The van der Waals surface area contributed by atoms with Crippen LogP contribution in [0.15, 0.2) is 18.2 Å². The van der Waals surface area contributed by atoms with Gasteiger partial charge in [0.1, 0.15) is 5.69 Å². The van der Waals surface area contributed by atoms with Crippen LogP contribution in [0.4, 0.5) is 13.2 Å². The molecular formula is C22H26F3N5O5. The minimum atomic E-state index is -5.08. The summed E-state index contributed by atoms with van der Waals surface area (Å²) in [6.45, 7) is 5.32. The first-order chi connectivity index (χ1) is 16.7. The Hall–Kier alpha value is -3.35. The number of aliphatic carboxylic acids is 1. The van der Waals surface area contributed by atoms with Gasteiger partial charge in [-0.25, -0.2) is 9.48 Å². The highest BCUT2D eigenvalue weighted by atomic mass is 19.4. The number of carboxylic acids is 1. The zero-order valence-corrected chi connectivity index (χ0v) is 19.0. The van der Waals surface area contributed by atoms with Crippen molar-refractivity contribution in [2.75, 3.05) is 26.4 Å². The van der Waals surface area contributed by atoms with E-state index in [1.165, 1.54) is 19.3 Å². The molecule has 0 unspecified atom stereocenters. The van der Waals surface area contributed by atoms with Gasteiger partial charge in [0.15, 0.2) is 11.5 Å². The molecule has 0 atom stereocenters. The van der Waals surface area contributed by atoms with Crippen molar-refractivity contribution in [3.8, 4) is 11.5 Å². The number of rotatable bonds is 3. The van der Waals surface area contributed by atoms with E-state index >= 15 is 0 Å². The minimum Gasteiger partial charge on any atom is -0.475 e. The number of ether oxygens (including phenoxy) is 2. The van der Waals surface area contributed by atoms with E-state index < -0.39 is 12.1 Å². The average molecular weight is 497 g/mol. The van der Waals surface area contributed by atoms with Crippen LogP contribution in [0.3, 0.4) is 0 Å². The normalized spacial score (nSPS) is 17.7. The molecule has 1 amide bonds. The molecule has 1 saturated heterocycles. The molecule has 3 aliphatic heterocycles. The first kappa shape index (κ1) is 24.8. The maximum absolute atomic E-state index is 13.2. The fraction of sp³-hybridized carbons (Fsp3) is 0.545. The summed E-state index contributed by atoms with van der Waals surface area (Å²) >= 11 is 0. The van der Waals surface area contributed by atoms with E-state index in [1.807, 2.05) is 15.6 Å². The van der Waals surface area contributed by atoms with Crippen molar-refractivity contribution < 1.29 is 37.3 Å². The average Bonchev–Trinajstić information content (AvgIpc) is 3.39. The van der Waals surface area contributed by atoms with E-state index in [1.54, 1.807) is 12.1 Å². The molecule has 4 heterocycles. The molecule has 1 N–H and O–H groups in total. The third-order valence-electron chi connectivity index (χ3n) is 6.03. The van der Waals surface area contributed by atoms with E-state index in [4.69, 9.17) is 19.4 Å². The molecule has 2 aromatic rings. The van der Waals surface area contributed by atoms with E-state index in [0.717, 1.165) is 44.0 Å². The quantitative estimate of drug-likeness (QED) is 0.690. The first-order valence-electron chi connectivity index (χ1n) is 11.3. The lowest BCUT2D eigenvalue weighted by Crippen LogP contribution is -2.32. The number of aromatic nitrogens is 3. The number of fused-ring (bicyclic) bond motifs is 2. The lowest BCUT2D eigenvalue weighted by molar-refractivity contribution is -0.192. The zero-order chi connectivity index (χ0) is 25.0. The largest absolute Gasteiger partial charge is 0.490 e. The van der Waals surface area contributed by atoms with Crippen molar-refractivity contribution in [3.05, 3.63) is 35.2 Å². The van der Waals surface area contributed by atoms with Crippen LogP contribution in [0.1, 0.15) is 47.4 Å². The molecule has 0 radical (unpaired) electrons. The van der Waals surface area contributed by atoms with Crippen molar-refractivity contribution in [2.45, 2.75) is 51.5 Å². The molecule has 13 heteroatoms. The fourth-order valence-corrected chi connectivity index (χ4v) is 4.23. The summed E-state index contributed by atoms with van der Waals surface area (Å²) in [6.07, 6.45) is -0.403. The molecule has 5 rings (SSSR count). The second kappa shape index (κ2) is 10.5. The van der Waals surface area contributed by atoms with Gasteiger partial charge in [0.2, 0.25) is 6.79 Å². The number of likely N-dealkylation sites (tertiary alicyclic amines) is 1. The summed E-state index contributed by atoms with van der Waals surface area (Å²) < 4.78 is 44.5. The highest BCUT2D eigenvalue weighted by Gasteiger charge is 2.38. The van der Waals surface area contributed by atoms with Crippen LogP contribution < -0.4 is 9.47 Å². The van der Waals surface area contributed by atoms with Gasteiger partial charge in [0.25, 0.3) is 5.91 Å². The lowest BCUT2D eigenvalue weighted by Gasteiger charge is -2.26. The van der Waals surface area contributed by atoms with E-state index in [-0.39, 0.29) is 12.7 Å². The number of nitrogens with zero attached hydrogens (tertiary/aromatic N) is 5. The van der Waals surface area contributed by atoms with Gasteiger partial charge in [-0.2, -0.15) is 13.2 Å². The Morgan fingerprint density at radius 2 is 1.71 bits per heavy atom. The van der Waals surface area contributed by atoms with Gasteiger partial charge < -0.3 is 19.5 Å². The molecule has 190 valence electrons. The van der Waals surface area contributed by atoms with Crippen molar-refractivity contribution >= 4 is 11.9 Å². The van der Waals surface area contributed by atoms with Crippen molar-refractivity contribution in [1.29, 1.82) is 0 Å². The number of carbonyl (C=O) groups excluding carboxylic acids is 1. The third kappa shape index (κ3) is 6.02. The minimum absolute atomic E-state index is 0.0110. The standard InChI is InChI=1S/C20H25N5O3.C2HF3O2/c26-20(15-5-6-18-19(11-15)28-14-27-18)24-9-4-10-25-17(13-24)16(21-22-25)12-23-7-2-1-3-8-23;3-2(4,5)1(6)7/h5-6,11H,1-4,7-10,12-14H2;(H,6,7). The summed E-state index contributed by atoms with van der Waals surface area (Å²) in [5.74, 6) is -1.42. The van der Waals surface area contributed by atoms with Crippen LogP contribution >= 0.6 is 0 Å². The second-order valence-electron chi connectivity index (χ2n) is 8.49. The van der Waals surface area contributed by atoms with E-state index in [0.29, 0.717) is 30.2 Å². The number of carboxylic acid groups (broad SMARTS) is 1. The van der Waals surface area contributed by atoms with E-state index in [2.05, 4.69) is 15.2 Å². The number of carbonyl (C=O) groups is 2. The van der Waals surface area contributed by atoms with Crippen LogP contribution in [0.5, 0.6) is 11.5 Å². The first-order valence-corrected chi connectivity index (χ1v) is 11.3. The van der Waals surface area contributed by atoms with Gasteiger partial charge in [-0.1, -0.05) is 11.6 Å². The van der Waals surface area contributed by atoms with Crippen molar-refractivity contribution in [2.24, 2.45) is 0 Å². The number of piperidine rings is 1. The smallest absolute Gasteiger partial charge is 0.475 e. The maximum atomic E-state index is 13.2. The Bertz CT molecular complexity index is 1070. The van der Waals surface area contributed by atoms with Gasteiger partial charge in [-0.15, -0.1) is 5.10 Å². The Kier molecular flexibility index (Phi) is 7.43. The summed E-state index contributed by atoms with van der Waals surface area (Å²) in [7, 11) is 0. The Labute approximate surface area is 199 Å². The van der Waals surface area contributed by atoms with Crippen LogP contribution in [0.2, 0.25) is 0 Å². The van der Waals surface area contributed by atoms with Crippen molar-refractivity contribution in [1.82, 2.24) is 24.8 Å². The highest BCUT2D eigenvalue weighted by molar-refractivity contribution is 5.95. The molecule has 0 aliphatic carbocycles. The third-order valence-corrected chi connectivity index (χ3v) is 6.03. The highest BCUT2D eigenvalue weighted by Crippen LogP contribution is 2.33. The predicted molar refractivity (Wildman–Crippen MR) is 115 cm³/mol. The summed E-state index contributed by atoms with van der Waals surface area (Å²) in [6, 6.07) is 5.39. The summed E-state index contributed by atoms with van der Waals surface area (Å²) in [4.78, 5) is 26.4. The molecule has 1 aromatic heterocycles. The number of alkyl halides is 3. The lowest BCUT2D eigenvalue weighted by atomic mass is 10.1. The predicted octanol–water partition coefficient (Wildman–Crippen LogP) is 2.67. The SMILES string of the molecule is O=C(O)C(F)(F)F.O=C(c1ccc2c(c1)OCO2)N1CCCn2nnc(CN3CCCCC3)c2C1. The number of hydrogen-bond acceptors (Lipinski definition) is 7. The molecular weight excluding hydrogens is 471 g/mol.